The van der Waals surface area contributed by atoms with Crippen LogP contribution < -0.4 is 4.80 Å². The third-order valence-electron chi connectivity index (χ3n) is 3.96. The lowest BCUT2D eigenvalue weighted by atomic mass is 10.0. The summed E-state index contributed by atoms with van der Waals surface area (Å²) in [6.45, 7) is 8.53. The van der Waals surface area contributed by atoms with Crippen LogP contribution >= 0.6 is 11.3 Å². The Labute approximate surface area is 145 Å². The van der Waals surface area contributed by atoms with Crippen LogP contribution in [0.2, 0.25) is 0 Å². The van der Waals surface area contributed by atoms with Crippen LogP contribution in [0.5, 0.6) is 0 Å². The van der Waals surface area contributed by atoms with Crippen LogP contribution in [0.1, 0.15) is 16.7 Å². The number of nitrogens with zero attached hydrogens (tertiary/aromatic N) is 2. The number of amides is 1. The quantitative estimate of drug-likeness (QED) is 0.658. The summed E-state index contributed by atoms with van der Waals surface area (Å²) in [6.07, 6.45) is 2.15. The van der Waals surface area contributed by atoms with Gasteiger partial charge in [0.25, 0.3) is 5.91 Å². The molecule has 1 aromatic heterocycles. The van der Waals surface area contributed by atoms with E-state index in [9.17, 15) is 4.79 Å². The van der Waals surface area contributed by atoms with Crippen molar-refractivity contribution in [3.63, 3.8) is 0 Å². The molecule has 0 aliphatic heterocycles. The van der Waals surface area contributed by atoms with Gasteiger partial charge in [0.05, 0.1) is 16.6 Å². The molecular weight excluding hydrogens is 316 g/mol. The summed E-state index contributed by atoms with van der Waals surface area (Å²) in [7, 11) is 0. The van der Waals surface area contributed by atoms with Crippen LogP contribution in [0.15, 0.2) is 60.1 Å². The second kappa shape index (κ2) is 6.97. The first-order valence-electron chi connectivity index (χ1n) is 7.91. The standard InChI is InChI=1S/C20H20N2OS/c1-4-11-22-17-7-5-6-8-18(17)24-20(22)21-19(23)13-16-10-9-14(2)12-15(16)3/h4-10,12H,1,11,13H2,2-3H3. The number of allylic oxidation sites excluding steroid dienone is 1. The number of benzene rings is 2. The van der Waals surface area contributed by atoms with E-state index in [1.54, 1.807) is 0 Å². The van der Waals surface area contributed by atoms with E-state index in [1.807, 2.05) is 54.0 Å². The zero-order valence-electron chi connectivity index (χ0n) is 14.0. The first-order chi connectivity index (χ1) is 11.6. The summed E-state index contributed by atoms with van der Waals surface area (Å²) in [6, 6.07) is 14.2. The molecule has 0 N–H and O–H groups in total. The molecule has 24 heavy (non-hydrogen) atoms. The molecule has 0 saturated carbocycles. The molecule has 1 amide bonds. The smallest absolute Gasteiger partial charge is 0.252 e. The predicted molar refractivity (Wildman–Crippen MR) is 100 cm³/mol. The Kier molecular flexibility index (Phi) is 4.76. The molecule has 4 heteroatoms. The van der Waals surface area contributed by atoms with Crippen LogP contribution in [0.4, 0.5) is 0 Å². The zero-order chi connectivity index (χ0) is 17.1. The van der Waals surface area contributed by atoms with Gasteiger partial charge in [0.1, 0.15) is 0 Å². The van der Waals surface area contributed by atoms with Crippen LogP contribution in [-0.2, 0) is 17.8 Å². The zero-order valence-corrected chi connectivity index (χ0v) is 14.8. The van der Waals surface area contributed by atoms with Crippen LogP contribution in [0.3, 0.4) is 0 Å². The Hall–Kier alpha value is -2.46. The number of carbonyl (C=O) groups is 1. The molecule has 0 fully saturated rings. The molecule has 3 nitrogen and oxygen atoms in total. The molecule has 0 aliphatic rings. The number of fused-ring (bicyclic) bond motifs is 1. The van der Waals surface area contributed by atoms with E-state index in [1.165, 1.54) is 16.9 Å². The van der Waals surface area contributed by atoms with Crippen LogP contribution in [0, 0.1) is 13.8 Å². The number of rotatable bonds is 4. The SMILES string of the molecule is C=CCn1c(=NC(=O)Cc2ccc(C)cc2C)sc2ccccc21. The normalized spacial score (nSPS) is 11.8. The minimum atomic E-state index is -0.119. The molecule has 3 rings (SSSR count). The van der Waals surface area contributed by atoms with Crippen molar-refractivity contribution in [1.29, 1.82) is 0 Å². The number of thiazole rings is 1. The second-order valence-electron chi connectivity index (χ2n) is 5.86. The van der Waals surface area contributed by atoms with Gasteiger partial charge < -0.3 is 4.57 Å². The maximum Gasteiger partial charge on any atom is 0.252 e. The van der Waals surface area contributed by atoms with Gasteiger partial charge in [-0.1, -0.05) is 53.3 Å². The Balaban J connectivity index is 1.98. The number of carbonyl (C=O) groups excluding carboxylic acids is 1. The van der Waals surface area contributed by atoms with Gasteiger partial charge in [-0.15, -0.1) is 6.58 Å². The Morgan fingerprint density at radius 2 is 2.04 bits per heavy atom. The van der Waals surface area contributed by atoms with Gasteiger partial charge in [-0.3, -0.25) is 4.79 Å². The van der Waals surface area contributed by atoms with Gasteiger partial charge in [-0.05, 0) is 37.1 Å². The lowest BCUT2D eigenvalue weighted by Gasteiger charge is -2.04. The fourth-order valence-corrected chi connectivity index (χ4v) is 3.82. The van der Waals surface area contributed by atoms with Gasteiger partial charge >= 0.3 is 0 Å². The Morgan fingerprint density at radius 3 is 2.79 bits per heavy atom. The maximum atomic E-state index is 12.5. The molecule has 0 spiro atoms. The lowest BCUT2D eigenvalue weighted by Crippen LogP contribution is -2.17. The highest BCUT2D eigenvalue weighted by Crippen LogP contribution is 2.17. The summed E-state index contributed by atoms with van der Waals surface area (Å²) in [5.41, 5.74) is 4.45. The van der Waals surface area contributed by atoms with E-state index >= 15 is 0 Å². The molecule has 0 unspecified atom stereocenters. The molecule has 1 heterocycles. The van der Waals surface area contributed by atoms with Crippen molar-refractivity contribution in [2.45, 2.75) is 26.8 Å². The van der Waals surface area contributed by atoms with Gasteiger partial charge in [-0.25, -0.2) is 0 Å². The van der Waals surface area contributed by atoms with Crippen molar-refractivity contribution in [1.82, 2.24) is 4.57 Å². The number of aryl methyl sites for hydroxylation is 2. The van der Waals surface area contributed by atoms with Crippen molar-refractivity contribution >= 4 is 27.5 Å². The maximum absolute atomic E-state index is 12.5. The van der Waals surface area contributed by atoms with Crippen molar-refractivity contribution in [3.8, 4) is 0 Å². The van der Waals surface area contributed by atoms with Crippen molar-refractivity contribution in [3.05, 3.63) is 76.6 Å². The molecule has 2 aromatic carbocycles. The van der Waals surface area contributed by atoms with E-state index in [0.717, 1.165) is 26.1 Å². The molecule has 0 saturated heterocycles. The third kappa shape index (κ3) is 3.39. The number of hydrogen-bond donors (Lipinski definition) is 0. The largest absolute Gasteiger partial charge is 0.313 e. The first kappa shape index (κ1) is 16.4. The first-order valence-corrected chi connectivity index (χ1v) is 8.73. The van der Waals surface area contributed by atoms with E-state index < -0.39 is 0 Å². The monoisotopic (exact) mass is 336 g/mol. The van der Waals surface area contributed by atoms with Crippen molar-refractivity contribution < 1.29 is 4.79 Å². The molecule has 122 valence electrons. The van der Waals surface area contributed by atoms with E-state index in [4.69, 9.17) is 0 Å². The summed E-state index contributed by atoms with van der Waals surface area (Å²) in [4.78, 5) is 17.5. The van der Waals surface area contributed by atoms with E-state index in [2.05, 4.69) is 24.6 Å². The topological polar surface area (TPSA) is 34.4 Å². The van der Waals surface area contributed by atoms with Crippen LogP contribution in [-0.4, -0.2) is 10.5 Å². The fourth-order valence-electron chi connectivity index (χ4n) is 2.76. The highest BCUT2D eigenvalue weighted by molar-refractivity contribution is 7.16. The molecule has 3 aromatic rings. The van der Waals surface area contributed by atoms with Crippen LogP contribution in [0.25, 0.3) is 10.2 Å². The fraction of sp³-hybridized carbons (Fsp3) is 0.200. The summed E-state index contributed by atoms with van der Waals surface area (Å²) >= 11 is 1.54. The second-order valence-corrected chi connectivity index (χ2v) is 6.87. The van der Waals surface area contributed by atoms with E-state index in [0.29, 0.717) is 13.0 Å². The van der Waals surface area contributed by atoms with Crippen molar-refractivity contribution in [2.75, 3.05) is 0 Å². The number of para-hydroxylation sites is 1. The van der Waals surface area contributed by atoms with Crippen molar-refractivity contribution in [2.24, 2.45) is 4.99 Å². The van der Waals surface area contributed by atoms with Gasteiger partial charge in [0, 0.05) is 6.54 Å². The highest BCUT2D eigenvalue weighted by Gasteiger charge is 2.08. The van der Waals surface area contributed by atoms with Gasteiger partial charge in [0.2, 0.25) is 0 Å². The molecule has 0 atom stereocenters. The molecule has 0 radical (unpaired) electrons. The summed E-state index contributed by atoms with van der Waals surface area (Å²) < 4.78 is 3.16. The third-order valence-corrected chi connectivity index (χ3v) is 5.02. The predicted octanol–water partition coefficient (Wildman–Crippen LogP) is 4.18. The number of aromatic nitrogens is 1. The highest BCUT2D eigenvalue weighted by atomic mass is 32.1. The summed E-state index contributed by atoms with van der Waals surface area (Å²) in [5, 5.41) is 0. The van der Waals surface area contributed by atoms with E-state index in [-0.39, 0.29) is 5.91 Å². The minimum absolute atomic E-state index is 0.119. The van der Waals surface area contributed by atoms with Gasteiger partial charge in [-0.2, -0.15) is 4.99 Å². The Morgan fingerprint density at radius 1 is 1.25 bits per heavy atom. The summed E-state index contributed by atoms with van der Waals surface area (Å²) in [5.74, 6) is -0.119. The lowest BCUT2D eigenvalue weighted by molar-refractivity contribution is -0.117. The Bertz CT molecular complexity index is 979. The minimum Gasteiger partial charge on any atom is -0.313 e. The average Bonchev–Trinajstić information content (AvgIpc) is 2.88. The molecular formula is C20H20N2OS. The van der Waals surface area contributed by atoms with Gasteiger partial charge in [0.15, 0.2) is 4.80 Å². The molecule has 0 bridgehead atoms. The number of hydrogen-bond acceptors (Lipinski definition) is 2. The average molecular weight is 336 g/mol. The molecule has 0 aliphatic carbocycles.